The first kappa shape index (κ1) is 30.7. The van der Waals surface area contributed by atoms with Crippen molar-refractivity contribution in [3.05, 3.63) is 111 Å². The number of carbonyl (C=O) groups is 2. The lowest BCUT2D eigenvalue weighted by Gasteiger charge is -2.39. The van der Waals surface area contributed by atoms with E-state index in [1.807, 2.05) is 22.6 Å². The number of methoxy groups -OCH3 is 2. The average molecular weight is 750 g/mol. The number of hydrogen-bond acceptors (Lipinski definition) is 9. The number of carbonyl (C=O) groups excluding carboxylic acids is 2. The number of benzene rings is 2. The van der Waals surface area contributed by atoms with Crippen molar-refractivity contribution in [1.29, 1.82) is 0 Å². The van der Waals surface area contributed by atoms with E-state index >= 15 is 0 Å². The zero-order chi connectivity index (χ0) is 33.3. The summed E-state index contributed by atoms with van der Waals surface area (Å²) in [5, 5.41) is 10.9. The molecule has 2 aromatic carbocycles. The number of allylic oxidation sites excluding steroid dienone is 6. The summed E-state index contributed by atoms with van der Waals surface area (Å²) in [6.45, 7) is -0.0880. The van der Waals surface area contributed by atoms with Crippen molar-refractivity contribution >= 4 is 45.2 Å². The molecule has 2 unspecified atom stereocenters. The van der Waals surface area contributed by atoms with Crippen LogP contribution in [0.2, 0.25) is 0 Å². The lowest BCUT2D eigenvalue weighted by atomic mass is 9.68. The molecule has 0 fully saturated rings. The molecular formula is C33H28IN5O8. The number of aryl methyl sites for hydroxylation is 2. The van der Waals surface area contributed by atoms with Gasteiger partial charge in [-0.3, -0.25) is 14.4 Å². The van der Waals surface area contributed by atoms with Gasteiger partial charge in [-0.2, -0.15) is 0 Å². The number of fused-ring (bicyclic) bond motifs is 4. The molecule has 0 bridgehead atoms. The van der Waals surface area contributed by atoms with Gasteiger partial charge in [0, 0.05) is 67.3 Å². The predicted octanol–water partition coefficient (Wildman–Crippen LogP) is 2.46. The number of aromatic nitrogens is 5. The zero-order valence-corrected chi connectivity index (χ0v) is 27.7. The monoisotopic (exact) mass is 749 g/mol. The summed E-state index contributed by atoms with van der Waals surface area (Å²) in [4.78, 5) is 72.3. The molecule has 3 heterocycles. The summed E-state index contributed by atoms with van der Waals surface area (Å²) in [5.41, 5.74) is 1.19. The third-order valence-corrected chi connectivity index (χ3v) is 9.95. The lowest BCUT2D eigenvalue weighted by Crippen LogP contribution is -2.40. The van der Waals surface area contributed by atoms with E-state index in [1.165, 1.54) is 40.3 Å². The molecule has 4 aromatic rings. The van der Waals surface area contributed by atoms with Gasteiger partial charge in [-0.25, -0.2) is 28.5 Å². The van der Waals surface area contributed by atoms with Crippen LogP contribution in [0.5, 0.6) is 17.2 Å². The fourth-order valence-corrected chi connectivity index (χ4v) is 7.46. The van der Waals surface area contributed by atoms with Crippen LogP contribution in [0.3, 0.4) is 0 Å². The molecule has 0 amide bonds. The van der Waals surface area contributed by atoms with Crippen LogP contribution in [-0.4, -0.2) is 54.4 Å². The van der Waals surface area contributed by atoms with Crippen molar-refractivity contribution in [3.8, 4) is 17.2 Å². The molecule has 3 aliphatic rings. The topological polar surface area (TPSA) is 157 Å². The third-order valence-electron chi connectivity index (χ3n) is 9.15. The number of Topliss-reactive ketones (excluding diaryl/α,β-unsaturated/α-hetero) is 1. The van der Waals surface area contributed by atoms with Gasteiger partial charge in [0.25, 0.3) is 5.56 Å². The predicted molar refractivity (Wildman–Crippen MR) is 178 cm³/mol. The van der Waals surface area contributed by atoms with E-state index in [0.717, 1.165) is 4.57 Å². The van der Waals surface area contributed by atoms with Crippen molar-refractivity contribution in [1.82, 2.24) is 23.5 Å². The number of phenols is 1. The van der Waals surface area contributed by atoms with Crippen LogP contribution in [0.4, 0.5) is 0 Å². The molecule has 240 valence electrons. The largest absolute Gasteiger partial charge is 0.508 e. The summed E-state index contributed by atoms with van der Waals surface area (Å²) in [6, 6.07) is 9.14. The highest BCUT2D eigenvalue weighted by Crippen LogP contribution is 2.51. The number of nitrogens with zero attached hydrogens (tertiary/aromatic N) is 5. The number of ether oxygens (including phenoxy) is 2. The number of hydrogen-bond donors (Lipinski definition) is 1. The normalized spacial score (nSPS) is 18.8. The quantitative estimate of drug-likeness (QED) is 0.178. The maximum atomic E-state index is 14.0. The minimum absolute atomic E-state index is 0.00684. The first-order valence-electron chi connectivity index (χ1n) is 14.8. The van der Waals surface area contributed by atoms with Crippen LogP contribution in [0.25, 0.3) is 11.0 Å². The molecule has 2 aliphatic carbocycles. The number of para-hydroxylation sites is 1. The second-order valence-electron chi connectivity index (χ2n) is 11.5. The van der Waals surface area contributed by atoms with Gasteiger partial charge in [0.15, 0.2) is 23.1 Å². The fourth-order valence-electron chi connectivity index (χ4n) is 6.88. The fraction of sp³-hybridized carbons (Fsp3) is 0.273. The Kier molecular flexibility index (Phi) is 7.41. The number of phenolic OH excluding ortho intramolecular Hbond substituents is 1. The van der Waals surface area contributed by atoms with Gasteiger partial charge in [-0.05, 0) is 34.2 Å². The van der Waals surface area contributed by atoms with E-state index in [-0.39, 0.29) is 69.2 Å². The Morgan fingerprint density at radius 3 is 2.47 bits per heavy atom. The summed E-state index contributed by atoms with van der Waals surface area (Å²) in [5.74, 6) is -0.615. The van der Waals surface area contributed by atoms with Gasteiger partial charge < -0.3 is 19.1 Å². The van der Waals surface area contributed by atoms with Gasteiger partial charge in [0.2, 0.25) is 0 Å². The summed E-state index contributed by atoms with van der Waals surface area (Å²) in [7, 11) is 4.60. The molecule has 0 saturated heterocycles. The average Bonchev–Trinajstić information content (AvgIpc) is 3.31. The molecule has 2 atom stereocenters. The standard InChI is InChI=1S/C33H28IN5O8/c1-36-23-15-27(47-3)26(46-2)14-21(23)35-20(31(36)43)9-10-37-32(44)38-11-8-16-22(39(38)33(37)45)12-18-25(41)13-19(34)30(42)29(18)28(16)17-6-4-5-7-24(17)40/h4-8,13-15,22,28,40H,9-12H2,1-3H3. The molecule has 14 heteroatoms. The molecule has 0 spiro atoms. The van der Waals surface area contributed by atoms with Gasteiger partial charge in [0.05, 0.1) is 41.4 Å². The van der Waals surface area contributed by atoms with Crippen molar-refractivity contribution in [2.45, 2.75) is 37.9 Å². The Hall–Kier alpha value is -4.99. The van der Waals surface area contributed by atoms with Crippen molar-refractivity contribution in [2.75, 3.05) is 14.2 Å². The molecule has 1 N–H and O–H groups in total. The maximum Gasteiger partial charge on any atom is 0.347 e. The van der Waals surface area contributed by atoms with Gasteiger partial charge in [-0.1, -0.05) is 24.3 Å². The Labute approximate surface area is 279 Å². The van der Waals surface area contributed by atoms with Crippen LogP contribution in [0.1, 0.15) is 29.6 Å². The highest BCUT2D eigenvalue weighted by molar-refractivity contribution is 14.1. The van der Waals surface area contributed by atoms with Crippen molar-refractivity contribution in [2.24, 2.45) is 7.05 Å². The summed E-state index contributed by atoms with van der Waals surface area (Å²) in [6.07, 6.45) is 3.09. The van der Waals surface area contributed by atoms with E-state index in [9.17, 15) is 29.1 Å². The second-order valence-corrected chi connectivity index (χ2v) is 12.7. The first-order valence-corrected chi connectivity index (χ1v) is 15.8. The molecule has 47 heavy (non-hydrogen) atoms. The third kappa shape index (κ3) is 4.64. The first-order chi connectivity index (χ1) is 22.5. The zero-order valence-electron chi connectivity index (χ0n) is 25.5. The Morgan fingerprint density at radius 1 is 1.02 bits per heavy atom. The second kappa shape index (κ2) is 11.4. The van der Waals surface area contributed by atoms with Gasteiger partial charge in [0.1, 0.15) is 11.4 Å². The highest BCUT2D eigenvalue weighted by atomic mass is 127. The Bertz CT molecular complexity index is 2340. The number of rotatable bonds is 6. The Morgan fingerprint density at radius 2 is 1.74 bits per heavy atom. The van der Waals surface area contributed by atoms with Crippen LogP contribution in [0.15, 0.2) is 83.2 Å². The van der Waals surface area contributed by atoms with Crippen LogP contribution in [0, 0.1) is 0 Å². The van der Waals surface area contributed by atoms with E-state index in [1.54, 1.807) is 43.5 Å². The molecule has 2 aromatic heterocycles. The Balaban J connectivity index is 1.29. The lowest BCUT2D eigenvalue weighted by molar-refractivity contribution is -0.115. The van der Waals surface area contributed by atoms with E-state index in [4.69, 9.17) is 9.47 Å². The number of aromatic hydroxyl groups is 1. The summed E-state index contributed by atoms with van der Waals surface area (Å²) < 4.78 is 16.1. The molecule has 13 nitrogen and oxygen atoms in total. The van der Waals surface area contributed by atoms with Crippen LogP contribution in [-0.2, 0) is 36.1 Å². The molecule has 1 aliphatic heterocycles. The van der Waals surface area contributed by atoms with Gasteiger partial charge in [-0.15, -0.1) is 0 Å². The maximum absolute atomic E-state index is 14.0. The summed E-state index contributed by atoms with van der Waals surface area (Å²) >= 11 is 1.85. The smallest absolute Gasteiger partial charge is 0.347 e. The van der Waals surface area contributed by atoms with Gasteiger partial charge >= 0.3 is 11.4 Å². The minimum atomic E-state index is -0.792. The molecule has 0 radical (unpaired) electrons. The number of ketones is 2. The molecular weight excluding hydrogens is 721 g/mol. The number of halogens is 1. The minimum Gasteiger partial charge on any atom is -0.508 e. The van der Waals surface area contributed by atoms with Crippen LogP contribution < -0.4 is 26.4 Å². The van der Waals surface area contributed by atoms with E-state index < -0.39 is 23.3 Å². The molecule has 7 rings (SSSR count). The van der Waals surface area contributed by atoms with E-state index in [2.05, 4.69) is 4.98 Å². The van der Waals surface area contributed by atoms with E-state index in [0.29, 0.717) is 33.7 Å². The van der Waals surface area contributed by atoms with Crippen molar-refractivity contribution < 1.29 is 24.2 Å². The van der Waals surface area contributed by atoms with Crippen LogP contribution >= 0.6 is 22.6 Å². The SMILES string of the molecule is COc1cc2nc(CCn3c(=O)n4n(c3=O)C3CC5=C(C(=O)C(I)=CC5=O)C(c5ccccc5O)C3=CC4)c(=O)n(C)c2cc1OC. The molecule has 0 saturated carbocycles. The highest BCUT2D eigenvalue weighted by Gasteiger charge is 2.45. The van der Waals surface area contributed by atoms with Crippen molar-refractivity contribution in [3.63, 3.8) is 0 Å².